The molecule has 1 fully saturated rings. The number of carbonyl (C=O) groups is 1. The predicted molar refractivity (Wildman–Crippen MR) is 119 cm³/mol. The van der Waals surface area contributed by atoms with E-state index in [1.807, 2.05) is 29.8 Å². The number of anilines is 2. The van der Waals surface area contributed by atoms with Crippen molar-refractivity contribution in [2.75, 3.05) is 19.4 Å². The Morgan fingerprint density at radius 1 is 1.29 bits per heavy atom. The van der Waals surface area contributed by atoms with E-state index in [0.29, 0.717) is 28.0 Å². The number of pyridine rings is 1. The van der Waals surface area contributed by atoms with E-state index >= 15 is 0 Å². The second kappa shape index (κ2) is 8.26. The largest absolute Gasteiger partial charge is 0.345 e. The SMILES string of the molecule is Cc1c(Nc2nn(C3CCCCC3C#N)c3cc[nH]c(=O)c23)cccc1C(=O)N(C)C. The van der Waals surface area contributed by atoms with Crippen molar-refractivity contribution in [3.8, 4) is 6.07 Å². The molecule has 2 aromatic heterocycles. The van der Waals surface area contributed by atoms with Crippen LogP contribution in [0, 0.1) is 24.2 Å². The molecule has 8 nitrogen and oxygen atoms in total. The molecule has 1 aliphatic rings. The number of rotatable bonds is 4. The molecule has 2 heterocycles. The third kappa shape index (κ3) is 3.67. The number of hydrogen-bond donors (Lipinski definition) is 2. The highest BCUT2D eigenvalue weighted by molar-refractivity contribution is 5.98. The number of aromatic amines is 1. The van der Waals surface area contributed by atoms with Crippen LogP contribution in [0.3, 0.4) is 0 Å². The molecule has 0 spiro atoms. The van der Waals surface area contributed by atoms with Gasteiger partial charge in [-0.05, 0) is 43.5 Å². The van der Waals surface area contributed by atoms with Crippen LogP contribution in [0.25, 0.3) is 10.9 Å². The van der Waals surface area contributed by atoms with Gasteiger partial charge in [0.05, 0.1) is 23.5 Å². The molecule has 1 aromatic carbocycles. The number of amides is 1. The molecule has 160 valence electrons. The summed E-state index contributed by atoms with van der Waals surface area (Å²) in [6.07, 6.45) is 5.36. The first-order valence-corrected chi connectivity index (χ1v) is 10.5. The first-order valence-electron chi connectivity index (χ1n) is 10.5. The van der Waals surface area contributed by atoms with Gasteiger partial charge in [0.25, 0.3) is 11.5 Å². The van der Waals surface area contributed by atoms with E-state index in [-0.39, 0.29) is 23.4 Å². The number of carbonyl (C=O) groups excluding carboxylic acids is 1. The average molecular weight is 419 g/mol. The normalized spacial score (nSPS) is 18.5. The summed E-state index contributed by atoms with van der Waals surface area (Å²) in [7, 11) is 3.43. The maximum atomic E-state index is 12.7. The van der Waals surface area contributed by atoms with Crippen molar-refractivity contribution in [3.63, 3.8) is 0 Å². The van der Waals surface area contributed by atoms with Crippen LogP contribution in [0.2, 0.25) is 0 Å². The van der Waals surface area contributed by atoms with E-state index in [1.165, 1.54) is 4.90 Å². The third-order valence-electron chi connectivity index (χ3n) is 6.06. The summed E-state index contributed by atoms with van der Waals surface area (Å²) in [5, 5.41) is 18.1. The third-order valence-corrected chi connectivity index (χ3v) is 6.06. The lowest BCUT2D eigenvalue weighted by Crippen LogP contribution is -2.23. The molecule has 0 aliphatic heterocycles. The molecule has 4 rings (SSSR count). The van der Waals surface area contributed by atoms with Crippen LogP contribution in [-0.4, -0.2) is 39.7 Å². The summed E-state index contributed by atoms with van der Waals surface area (Å²) in [6.45, 7) is 1.87. The van der Waals surface area contributed by atoms with Gasteiger partial charge in [0, 0.05) is 31.5 Å². The molecule has 0 radical (unpaired) electrons. The lowest BCUT2D eigenvalue weighted by atomic mass is 9.85. The first-order chi connectivity index (χ1) is 14.9. The summed E-state index contributed by atoms with van der Waals surface area (Å²) in [4.78, 5) is 29.5. The highest BCUT2D eigenvalue weighted by Gasteiger charge is 2.30. The zero-order valence-electron chi connectivity index (χ0n) is 18.0. The quantitative estimate of drug-likeness (QED) is 0.671. The topological polar surface area (TPSA) is 107 Å². The Kier molecular flexibility index (Phi) is 5.51. The monoisotopic (exact) mass is 418 g/mol. The Hall–Kier alpha value is -3.60. The predicted octanol–water partition coefficient (Wildman–Crippen LogP) is 3.73. The zero-order valence-corrected chi connectivity index (χ0v) is 18.0. The number of nitrogens with zero attached hydrogens (tertiary/aromatic N) is 4. The van der Waals surface area contributed by atoms with Gasteiger partial charge in [-0.2, -0.15) is 10.4 Å². The maximum Gasteiger partial charge on any atom is 0.261 e. The van der Waals surface area contributed by atoms with Crippen molar-refractivity contribution < 1.29 is 4.79 Å². The molecular formula is C23H26N6O2. The molecule has 3 aromatic rings. The fourth-order valence-corrected chi connectivity index (χ4v) is 4.37. The molecule has 31 heavy (non-hydrogen) atoms. The number of nitriles is 1. The molecule has 1 aliphatic carbocycles. The van der Waals surface area contributed by atoms with E-state index < -0.39 is 0 Å². The van der Waals surface area contributed by atoms with E-state index in [2.05, 4.69) is 16.4 Å². The Bertz CT molecular complexity index is 1230. The van der Waals surface area contributed by atoms with Crippen LogP contribution in [0.4, 0.5) is 11.5 Å². The Morgan fingerprint density at radius 3 is 2.81 bits per heavy atom. The van der Waals surface area contributed by atoms with Crippen LogP contribution in [0.1, 0.15) is 47.6 Å². The highest BCUT2D eigenvalue weighted by Crippen LogP contribution is 2.37. The Balaban J connectivity index is 1.81. The number of H-pyrrole nitrogens is 1. The molecule has 0 bridgehead atoms. The van der Waals surface area contributed by atoms with Gasteiger partial charge in [-0.1, -0.05) is 18.9 Å². The van der Waals surface area contributed by atoms with E-state index in [1.54, 1.807) is 26.4 Å². The second-order valence-corrected chi connectivity index (χ2v) is 8.25. The zero-order chi connectivity index (χ0) is 22.1. The lowest BCUT2D eigenvalue weighted by Gasteiger charge is -2.27. The minimum atomic E-state index is -0.242. The van der Waals surface area contributed by atoms with E-state index in [9.17, 15) is 14.9 Å². The Morgan fingerprint density at radius 2 is 2.06 bits per heavy atom. The van der Waals surface area contributed by atoms with Crippen LogP contribution >= 0.6 is 0 Å². The average Bonchev–Trinajstić information content (AvgIpc) is 3.14. The molecule has 8 heteroatoms. The smallest absolute Gasteiger partial charge is 0.261 e. The van der Waals surface area contributed by atoms with E-state index in [4.69, 9.17) is 5.10 Å². The van der Waals surface area contributed by atoms with Gasteiger partial charge in [-0.15, -0.1) is 0 Å². The summed E-state index contributed by atoms with van der Waals surface area (Å²) >= 11 is 0. The van der Waals surface area contributed by atoms with Crippen molar-refractivity contribution in [1.82, 2.24) is 19.7 Å². The van der Waals surface area contributed by atoms with Gasteiger partial charge in [0.2, 0.25) is 0 Å². The van der Waals surface area contributed by atoms with Crippen LogP contribution in [-0.2, 0) is 0 Å². The highest BCUT2D eigenvalue weighted by atomic mass is 16.2. The molecule has 2 N–H and O–H groups in total. The minimum Gasteiger partial charge on any atom is -0.345 e. The minimum absolute atomic E-state index is 0.0682. The van der Waals surface area contributed by atoms with Crippen molar-refractivity contribution in [3.05, 3.63) is 51.9 Å². The summed E-state index contributed by atoms with van der Waals surface area (Å²) in [5.41, 5.74) is 2.54. The molecule has 2 unspecified atom stereocenters. The number of hydrogen-bond acceptors (Lipinski definition) is 5. The Labute approximate surface area is 180 Å². The molecule has 1 saturated carbocycles. The molecule has 2 atom stereocenters. The molecule has 0 saturated heterocycles. The fourth-order valence-electron chi connectivity index (χ4n) is 4.37. The van der Waals surface area contributed by atoms with Crippen molar-refractivity contribution in [1.29, 1.82) is 5.26 Å². The van der Waals surface area contributed by atoms with E-state index in [0.717, 1.165) is 31.2 Å². The first kappa shape index (κ1) is 20.7. The fraction of sp³-hybridized carbons (Fsp3) is 0.391. The van der Waals surface area contributed by atoms with Gasteiger partial charge >= 0.3 is 0 Å². The van der Waals surface area contributed by atoms with Gasteiger partial charge in [-0.25, -0.2) is 0 Å². The number of benzene rings is 1. The summed E-state index contributed by atoms with van der Waals surface area (Å²) in [6, 6.07) is 9.64. The molecule has 1 amide bonds. The maximum absolute atomic E-state index is 12.7. The molecular weight excluding hydrogens is 392 g/mol. The van der Waals surface area contributed by atoms with Crippen molar-refractivity contribution in [2.24, 2.45) is 5.92 Å². The number of fused-ring (bicyclic) bond motifs is 1. The van der Waals surface area contributed by atoms with Gasteiger partial charge in [0.15, 0.2) is 5.82 Å². The summed E-state index contributed by atoms with van der Waals surface area (Å²) < 4.78 is 1.84. The lowest BCUT2D eigenvalue weighted by molar-refractivity contribution is 0.0827. The number of nitrogens with one attached hydrogen (secondary N) is 2. The standard InChI is InChI=1S/C23H26N6O2/c1-14-16(23(31)28(2)3)8-6-9-17(14)26-21-20-19(11-12-25-22(20)30)29(27-21)18-10-5-4-7-15(18)13-24/h6,8-9,11-12,15,18H,4-5,7,10H2,1-3H3,(H,25,30)(H,26,27). The van der Waals surface area contributed by atoms with Gasteiger partial charge in [-0.3, -0.25) is 14.3 Å². The van der Waals surface area contributed by atoms with Crippen LogP contribution < -0.4 is 10.9 Å². The van der Waals surface area contributed by atoms with Gasteiger partial charge < -0.3 is 15.2 Å². The second-order valence-electron chi connectivity index (χ2n) is 8.25. The summed E-state index contributed by atoms with van der Waals surface area (Å²) in [5.74, 6) is 0.205. The van der Waals surface area contributed by atoms with Crippen LogP contribution in [0.15, 0.2) is 35.3 Å². The van der Waals surface area contributed by atoms with Crippen molar-refractivity contribution >= 4 is 28.3 Å². The van der Waals surface area contributed by atoms with Crippen LogP contribution in [0.5, 0.6) is 0 Å². The number of aromatic nitrogens is 3. The van der Waals surface area contributed by atoms with Gasteiger partial charge in [0.1, 0.15) is 5.39 Å². The van der Waals surface area contributed by atoms with Crippen molar-refractivity contribution in [2.45, 2.75) is 38.6 Å².